The van der Waals surface area contributed by atoms with E-state index in [4.69, 9.17) is 4.74 Å². The highest BCUT2D eigenvalue weighted by Gasteiger charge is 2.27. The number of aromatic nitrogens is 3. The summed E-state index contributed by atoms with van der Waals surface area (Å²) in [4.78, 5) is 21.4. The number of amides is 2. The number of benzene rings is 1. The Morgan fingerprint density at radius 2 is 2.11 bits per heavy atom. The third-order valence-corrected chi connectivity index (χ3v) is 5.55. The summed E-state index contributed by atoms with van der Waals surface area (Å²) in [6.07, 6.45) is 7.51. The molecule has 2 fully saturated rings. The van der Waals surface area contributed by atoms with Crippen molar-refractivity contribution in [3.8, 4) is 5.69 Å². The minimum atomic E-state index is -0.0117. The van der Waals surface area contributed by atoms with Gasteiger partial charge in [0.05, 0.1) is 18.9 Å². The first-order chi connectivity index (χ1) is 13.8. The third kappa shape index (κ3) is 4.69. The number of piperidine rings is 1. The molecule has 1 aromatic heterocycles. The summed E-state index contributed by atoms with van der Waals surface area (Å²) in [5, 5.41) is 7.22. The lowest BCUT2D eigenvalue weighted by molar-refractivity contribution is 0.0329. The molecule has 2 aliphatic heterocycles. The zero-order valence-corrected chi connectivity index (χ0v) is 16.2. The van der Waals surface area contributed by atoms with E-state index >= 15 is 0 Å². The standard InChI is InChI=1S/C20H28N6O2/c27-20(23-17-4-3-6-19(14-17)26-16-21-15-22-26)25-8-2-1-5-18(25)7-9-24-10-12-28-13-11-24/h3-4,6,14-16,18H,1-2,5,7-13H2,(H,23,27). The number of urea groups is 1. The van der Waals surface area contributed by atoms with Crippen LogP contribution < -0.4 is 5.32 Å². The minimum Gasteiger partial charge on any atom is -0.379 e. The van der Waals surface area contributed by atoms with Crippen molar-refractivity contribution in [2.24, 2.45) is 0 Å². The second-order valence-electron chi connectivity index (χ2n) is 7.41. The number of carbonyl (C=O) groups is 1. The van der Waals surface area contributed by atoms with Gasteiger partial charge < -0.3 is 15.0 Å². The lowest BCUT2D eigenvalue weighted by atomic mass is 9.99. The van der Waals surface area contributed by atoms with E-state index in [2.05, 4.69) is 20.3 Å². The second-order valence-corrected chi connectivity index (χ2v) is 7.41. The number of nitrogens with zero attached hydrogens (tertiary/aromatic N) is 5. The van der Waals surface area contributed by atoms with E-state index in [1.807, 2.05) is 29.2 Å². The van der Waals surface area contributed by atoms with E-state index in [1.165, 1.54) is 12.7 Å². The third-order valence-electron chi connectivity index (χ3n) is 5.55. The van der Waals surface area contributed by atoms with Gasteiger partial charge in [0.15, 0.2) is 0 Å². The number of nitrogens with one attached hydrogen (secondary N) is 1. The first-order valence-corrected chi connectivity index (χ1v) is 10.1. The number of hydrogen-bond acceptors (Lipinski definition) is 5. The molecule has 3 heterocycles. The molecular weight excluding hydrogens is 356 g/mol. The maximum absolute atomic E-state index is 13.0. The highest BCUT2D eigenvalue weighted by Crippen LogP contribution is 2.22. The number of morpholine rings is 1. The smallest absolute Gasteiger partial charge is 0.322 e. The zero-order valence-electron chi connectivity index (χ0n) is 16.2. The molecule has 0 bridgehead atoms. The Balaban J connectivity index is 1.37. The summed E-state index contributed by atoms with van der Waals surface area (Å²) in [5.41, 5.74) is 1.65. The number of anilines is 1. The van der Waals surface area contributed by atoms with E-state index in [-0.39, 0.29) is 6.03 Å². The van der Waals surface area contributed by atoms with Crippen LogP contribution in [-0.4, -0.2) is 76.0 Å². The largest absolute Gasteiger partial charge is 0.379 e. The van der Waals surface area contributed by atoms with Crippen LogP contribution >= 0.6 is 0 Å². The van der Waals surface area contributed by atoms with Crippen molar-refractivity contribution >= 4 is 11.7 Å². The van der Waals surface area contributed by atoms with E-state index in [0.29, 0.717) is 6.04 Å². The number of hydrogen-bond donors (Lipinski definition) is 1. The molecule has 0 spiro atoms. The molecule has 2 saturated heterocycles. The lowest BCUT2D eigenvalue weighted by Crippen LogP contribution is -2.48. The number of rotatable bonds is 5. The Bertz CT molecular complexity index is 760. The Morgan fingerprint density at radius 1 is 1.21 bits per heavy atom. The molecule has 1 atom stereocenters. The van der Waals surface area contributed by atoms with Crippen molar-refractivity contribution < 1.29 is 9.53 Å². The van der Waals surface area contributed by atoms with Crippen LogP contribution in [0.1, 0.15) is 25.7 Å². The van der Waals surface area contributed by atoms with Crippen molar-refractivity contribution in [3.05, 3.63) is 36.9 Å². The SMILES string of the molecule is O=C(Nc1cccc(-n2cncn2)c1)N1CCCCC1CCN1CCOCC1. The monoisotopic (exact) mass is 384 g/mol. The molecule has 150 valence electrons. The van der Waals surface area contributed by atoms with E-state index in [1.54, 1.807) is 11.0 Å². The Kier molecular flexibility index (Phi) is 6.18. The fourth-order valence-electron chi connectivity index (χ4n) is 3.99. The number of likely N-dealkylation sites (tertiary alicyclic amines) is 1. The Labute approximate surface area is 165 Å². The van der Waals surface area contributed by atoms with Gasteiger partial charge in [-0.3, -0.25) is 4.90 Å². The Morgan fingerprint density at radius 3 is 2.93 bits per heavy atom. The van der Waals surface area contributed by atoms with Gasteiger partial charge in [-0.1, -0.05) is 6.07 Å². The minimum absolute atomic E-state index is 0.0117. The van der Waals surface area contributed by atoms with Crippen LogP contribution in [0.2, 0.25) is 0 Å². The molecule has 2 aromatic rings. The fraction of sp³-hybridized carbons (Fsp3) is 0.550. The molecule has 0 radical (unpaired) electrons. The first kappa shape index (κ1) is 18.9. The van der Waals surface area contributed by atoms with Crippen molar-refractivity contribution in [2.75, 3.05) is 44.7 Å². The van der Waals surface area contributed by atoms with Crippen molar-refractivity contribution in [1.29, 1.82) is 0 Å². The first-order valence-electron chi connectivity index (χ1n) is 10.1. The van der Waals surface area contributed by atoms with Crippen LogP contribution in [0, 0.1) is 0 Å². The van der Waals surface area contributed by atoms with Crippen LogP contribution in [0.25, 0.3) is 5.69 Å². The van der Waals surface area contributed by atoms with Gasteiger partial charge in [-0.2, -0.15) is 5.10 Å². The van der Waals surface area contributed by atoms with Gasteiger partial charge in [0.25, 0.3) is 0 Å². The van der Waals surface area contributed by atoms with Crippen molar-refractivity contribution in [1.82, 2.24) is 24.6 Å². The fourth-order valence-corrected chi connectivity index (χ4v) is 3.99. The molecule has 1 N–H and O–H groups in total. The molecule has 2 amide bonds. The zero-order chi connectivity index (χ0) is 19.2. The molecular formula is C20H28N6O2. The van der Waals surface area contributed by atoms with Crippen LogP contribution in [0.4, 0.5) is 10.5 Å². The van der Waals surface area contributed by atoms with Crippen LogP contribution in [0.5, 0.6) is 0 Å². The molecule has 28 heavy (non-hydrogen) atoms. The number of ether oxygens (including phenoxy) is 1. The topological polar surface area (TPSA) is 75.5 Å². The van der Waals surface area contributed by atoms with E-state index in [0.717, 1.165) is 70.0 Å². The molecule has 0 aliphatic carbocycles. The maximum Gasteiger partial charge on any atom is 0.322 e. The normalized spacial score (nSPS) is 20.9. The molecule has 0 saturated carbocycles. The van der Waals surface area contributed by atoms with Gasteiger partial charge >= 0.3 is 6.03 Å². The predicted octanol–water partition coefficient (Wildman–Crippen LogP) is 2.38. The van der Waals surface area contributed by atoms with Gasteiger partial charge in [-0.25, -0.2) is 14.5 Å². The molecule has 1 aromatic carbocycles. The van der Waals surface area contributed by atoms with E-state index in [9.17, 15) is 4.79 Å². The van der Waals surface area contributed by atoms with Gasteiger partial charge in [0, 0.05) is 37.9 Å². The summed E-state index contributed by atoms with van der Waals surface area (Å²) in [5.74, 6) is 0. The Hall–Kier alpha value is -2.45. The number of carbonyl (C=O) groups excluding carboxylic acids is 1. The van der Waals surface area contributed by atoms with Gasteiger partial charge in [-0.05, 0) is 43.9 Å². The summed E-state index contributed by atoms with van der Waals surface area (Å²) < 4.78 is 7.11. The van der Waals surface area contributed by atoms with Crippen molar-refractivity contribution in [3.63, 3.8) is 0 Å². The van der Waals surface area contributed by atoms with Gasteiger partial charge in [0.2, 0.25) is 0 Å². The van der Waals surface area contributed by atoms with Crippen LogP contribution in [0.3, 0.4) is 0 Å². The highest BCUT2D eigenvalue weighted by atomic mass is 16.5. The second kappa shape index (κ2) is 9.16. The highest BCUT2D eigenvalue weighted by molar-refractivity contribution is 5.89. The molecule has 2 aliphatic rings. The summed E-state index contributed by atoms with van der Waals surface area (Å²) >= 11 is 0. The average molecular weight is 384 g/mol. The quantitative estimate of drug-likeness (QED) is 0.857. The predicted molar refractivity (Wildman–Crippen MR) is 107 cm³/mol. The van der Waals surface area contributed by atoms with Gasteiger partial charge in [-0.15, -0.1) is 0 Å². The molecule has 1 unspecified atom stereocenters. The molecule has 8 heteroatoms. The lowest BCUT2D eigenvalue weighted by Gasteiger charge is -2.37. The molecule has 4 rings (SSSR count). The maximum atomic E-state index is 13.0. The van der Waals surface area contributed by atoms with Crippen LogP contribution in [-0.2, 0) is 4.74 Å². The summed E-state index contributed by atoms with van der Waals surface area (Å²) in [6, 6.07) is 7.97. The summed E-state index contributed by atoms with van der Waals surface area (Å²) in [7, 11) is 0. The molecule has 8 nitrogen and oxygen atoms in total. The van der Waals surface area contributed by atoms with Gasteiger partial charge in [0.1, 0.15) is 12.7 Å². The van der Waals surface area contributed by atoms with Crippen LogP contribution in [0.15, 0.2) is 36.9 Å². The van der Waals surface area contributed by atoms with E-state index < -0.39 is 0 Å². The average Bonchev–Trinajstić information content (AvgIpc) is 3.28. The van der Waals surface area contributed by atoms with Crippen molar-refractivity contribution in [2.45, 2.75) is 31.7 Å². The summed E-state index contributed by atoms with van der Waals surface area (Å²) in [6.45, 7) is 5.47.